The van der Waals surface area contributed by atoms with E-state index in [4.69, 9.17) is 0 Å². The summed E-state index contributed by atoms with van der Waals surface area (Å²) in [6, 6.07) is 10.7. The molecule has 0 aliphatic rings. The van der Waals surface area contributed by atoms with Crippen LogP contribution in [0.15, 0.2) is 53.4 Å². The lowest BCUT2D eigenvalue weighted by Gasteiger charge is -2.16. The number of nitrogens with one attached hydrogen (secondary N) is 1. The van der Waals surface area contributed by atoms with Gasteiger partial charge in [0.15, 0.2) is 0 Å². The van der Waals surface area contributed by atoms with Crippen LogP contribution in [0.25, 0.3) is 5.69 Å². The van der Waals surface area contributed by atoms with E-state index in [2.05, 4.69) is 10.4 Å². The van der Waals surface area contributed by atoms with Crippen molar-refractivity contribution in [1.82, 2.24) is 19.4 Å². The Balaban J connectivity index is 1.82. The Morgan fingerprint density at radius 2 is 1.70 bits per heavy atom. The SMILES string of the molecule is Cc1cc(C)n(-c2ccc(CNC(=O)c3ccc(S(=O)(=O)N(C)C)cc3)c(C(F)(F)F)c2)n1. The maximum absolute atomic E-state index is 13.7. The third-order valence-electron chi connectivity index (χ3n) is 4.99. The first kappa shape index (κ1) is 24.5. The zero-order valence-corrected chi connectivity index (χ0v) is 19.3. The third-order valence-corrected chi connectivity index (χ3v) is 6.82. The Morgan fingerprint density at radius 1 is 1.06 bits per heavy atom. The fourth-order valence-electron chi connectivity index (χ4n) is 3.27. The molecule has 3 aromatic rings. The van der Waals surface area contributed by atoms with Crippen LogP contribution in [0.4, 0.5) is 13.2 Å². The van der Waals surface area contributed by atoms with Crippen molar-refractivity contribution in [3.63, 3.8) is 0 Å². The quantitative estimate of drug-likeness (QED) is 0.583. The molecule has 33 heavy (non-hydrogen) atoms. The zero-order valence-electron chi connectivity index (χ0n) is 18.4. The van der Waals surface area contributed by atoms with Gasteiger partial charge in [-0.2, -0.15) is 18.3 Å². The fraction of sp³-hybridized carbons (Fsp3) is 0.273. The van der Waals surface area contributed by atoms with Gasteiger partial charge in [-0.25, -0.2) is 17.4 Å². The number of aromatic nitrogens is 2. The summed E-state index contributed by atoms with van der Waals surface area (Å²) in [4.78, 5) is 12.4. The molecular weight excluding hydrogens is 457 g/mol. The van der Waals surface area contributed by atoms with Gasteiger partial charge in [-0.1, -0.05) is 6.07 Å². The van der Waals surface area contributed by atoms with Crippen molar-refractivity contribution in [2.24, 2.45) is 0 Å². The van der Waals surface area contributed by atoms with Crippen LogP contribution < -0.4 is 5.32 Å². The molecule has 1 heterocycles. The number of carbonyl (C=O) groups excluding carboxylic acids is 1. The van der Waals surface area contributed by atoms with Gasteiger partial charge < -0.3 is 5.32 Å². The van der Waals surface area contributed by atoms with Crippen LogP contribution in [-0.4, -0.2) is 42.5 Å². The van der Waals surface area contributed by atoms with E-state index in [0.717, 1.165) is 10.4 Å². The van der Waals surface area contributed by atoms with Crippen LogP contribution in [0.5, 0.6) is 0 Å². The molecule has 7 nitrogen and oxygen atoms in total. The molecule has 0 radical (unpaired) electrons. The van der Waals surface area contributed by atoms with Crippen LogP contribution in [0.1, 0.15) is 32.9 Å². The van der Waals surface area contributed by atoms with E-state index in [-0.39, 0.29) is 28.3 Å². The number of sulfonamides is 1. The van der Waals surface area contributed by atoms with Crippen molar-refractivity contribution in [3.05, 3.63) is 76.6 Å². The minimum Gasteiger partial charge on any atom is -0.348 e. The van der Waals surface area contributed by atoms with E-state index >= 15 is 0 Å². The van der Waals surface area contributed by atoms with Crippen LogP contribution in [0, 0.1) is 13.8 Å². The lowest BCUT2D eigenvalue weighted by molar-refractivity contribution is -0.138. The molecule has 0 aliphatic carbocycles. The summed E-state index contributed by atoms with van der Waals surface area (Å²) in [5.74, 6) is -0.625. The fourth-order valence-corrected chi connectivity index (χ4v) is 4.17. The van der Waals surface area contributed by atoms with E-state index in [0.29, 0.717) is 11.4 Å². The lowest BCUT2D eigenvalue weighted by atomic mass is 10.1. The lowest BCUT2D eigenvalue weighted by Crippen LogP contribution is -2.25. The number of hydrogen-bond acceptors (Lipinski definition) is 4. The van der Waals surface area contributed by atoms with Crippen molar-refractivity contribution in [2.45, 2.75) is 31.5 Å². The molecule has 2 aromatic carbocycles. The molecule has 1 N–H and O–H groups in total. The molecule has 11 heteroatoms. The molecule has 0 fully saturated rings. The average molecular weight is 481 g/mol. The number of hydrogen-bond donors (Lipinski definition) is 1. The average Bonchev–Trinajstić information content (AvgIpc) is 3.09. The van der Waals surface area contributed by atoms with Gasteiger partial charge in [0.2, 0.25) is 10.0 Å². The molecule has 1 amide bonds. The normalized spacial score (nSPS) is 12.2. The molecule has 1 aromatic heterocycles. The Bertz CT molecular complexity index is 1280. The van der Waals surface area contributed by atoms with Crippen molar-refractivity contribution in [1.29, 1.82) is 0 Å². The second-order valence-electron chi connectivity index (χ2n) is 7.67. The summed E-state index contributed by atoms with van der Waals surface area (Å²) >= 11 is 0. The Hall–Kier alpha value is -3.18. The molecule has 176 valence electrons. The number of halogens is 3. The smallest absolute Gasteiger partial charge is 0.348 e. The van der Waals surface area contributed by atoms with Gasteiger partial charge in [-0.05, 0) is 61.9 Å². The highest BCUT2D eigenvalue weighted by Gasteiger charge is 2.34. The number of aryl methyl sites for hydroxylation is 2. The van der Waals surface area contributed by atoms with Crippen LogP contribution in [0.3, 0.4) is 0 Å². The standard InChI is InChI=1S/C22H23F3N4O3S/c1-14-11-15(2)29(27-14)18-8-5-17(20(12-18)22(23,24)25)13-26-21(30)16-6-9-19(10-7-16)33(31,32)28(3)4/h5-12H,13H2,1-4H3,(H,26,30). The number of carbonyl (C=O) groups is 1. The zero-order chi connectivity index (χ0) is 24.6. The number of nitrogens with zero attached hydrogens (tertiary/aromatic N) is 3. The van der Waals surface area contributed by atoms with Crippen molar-refractivity contribution in [3.8, 4) is 5.69 Å². The summed E-state index contributed by atoms with van der Waals surface area (Å²) in [5.41, 5.74) is 0.789. The summed E-state index contributed by atoms with van der Waals surface area (Å²) < 4.78 is 67.9. The molecule has 0 saturated heterocycles. The van der Waals surface area contributed by atoms with E-state index in [1.54, 1.807) is 19.9 Å². The van der Waals surface area contributed by atoms with E-state index in [9.17, 15) is 26.4 Å². The molecule has 0 bridgehead atoms. The highest BCUT2D eigenvalue weighted by molar-refractivity contribution is 7.89. The Morgan fingerprint density at radius 3 is 2.21 bits per heavy atom. The molecule has 0 atom stereocenters. The van der Waals surface area contributed by atoms with Gasteiger partial charge in [0, 0.05) is 31.9 Å². The number of amides is 1. The van der Waals surface area contributed by atoms with Crippen molar-refractivity contribution < 1.29 is 26.4 Å². The first-order valence-corrected chi connectivity index (χ1v) is 11.3. The predicted octanol–water partition coefficient (Wildman–Crippen LogP) is 3.69. The molecular formula is C22H23F3N4O3S. The van der Waals surface area contributed by atoms with Crippen molar-refractivity contribution >= 4 is 15.9 Å². The molecule has 0 unspecified atom stereocenters. The van der Waals surface area contributed by atoms with Gasteiger partial charge >= 0.3 is 6.18 Å². The largest absolute Gasteiger partial charge is 0.416 e. The summed E-state index contributed by atoms with van der Waals surface area (Å²) in [6.45, 7) is 3.14. The summed E-state index contributed by atoms with van der Waals surface area (Å²) in [7, 11) is -0.889. The highest BCUT2D eigenvalue weighted by Crippen LogP contribution is 2.33. The van der Waals surface area contributed by atoms with E-state index in [1.165, 1.54) is 55.2 Å². The van der Waals surface area contributed by atoms with Crippen molar-refractivity contribution in [2.75, 3.05) is 14.1 Å². The van der Waals surface area contributed by atoms with Gasteiger partial charge in [-0.15, -0.1) is 0 Å². The maximum atomic E-state index is 13.7. The molecule has 3 rings (SSSR count). The first-order chi connectivity index (χ1) is 15.3. The van der Waals surface area contributed by atoms with E-state index in [1.807, 2.05) is 0 Å². The predicted molar refractivity (Wildman–Crippen MR) is 117 cm³/mol. The topological polar surface area (TPSA) is 84.3 Å². The number of alkyl halides is 3. The number of rotatable bonds is 6. The van der Waals surface area contributed by atoms with Gasteiger partial charge in [-0.3, -0.25) is 4.79 Å². The second-order valence-corrected chi connectivity index (χ2v) is 9.82. The molecule has 0 spiro atoms. The molecule has 0 aliphatic heterocycles. The molecule has 0 saturated carbocycles. The second kappa shape index (κ2) is 8.99. The van der Waals surface area contributed by atoms with Crippen LogP contribution in [-0.2, 0) is 22.7 Å². The van der Waals surface area contributed by atoms with Crippen LogP contribution in [0.2, 0.25) is 0 Å². The van der Waals surface area contributed by atoms with Crippen LogP contribution >= 0.6 is 0 Å². The minimum absolute atomic E-state index is 0.00291. The summed E-state index contributed by atoms with van der Waals surface area (Å²) in [6.07, 6.45) is -4.63. The third kappa shape index (κ3) is 5.25. The van der Waals surface area contributed by atoms with Gasteiger partial charge in [0.1, 0.15) is 0 Å². The Kier molecular flexibility index (Phi) is 6.66. The van der Waals surface area contributed by atoms with Gasteiger partial charge in [0.05, 0.1) is 21.8 Å². The monoisotopic (exact) mass is 480 g/mol. The Labute approximate surface area is 189 Å². The minimum atomic E-state index is -4.63. The first-order valence-electron chi connectivity index (χ1n) is 9.85. The van der Waals surface area contributed by atoms with E-state index < -0.39 is 27.7 Å². The number of benzene rings is 2. The van der Waals surface area contributed by atoms with Gasteiger partial charge in [0.25, 0.3) is 5.91 Å². The maximum Gasteiger partial charge on any atom is 0.416 e. The summed E-state index contributed by atoms with van der Waals surface area (Å²) in [5, 5.41) is 6.68. The highest BCUT2D eigenvalue weighted by atomic mass is 32.2.